The van der Waals surface area contributed by atoms with Gasteiger partial charge in [0.05, 0.1) is 28.7 Å². The first kappa shape index (κ1) is 27.2. The molecule has 1 unspecified atom stereocenters. The SMILES string of the molecule is NC(=O)CN1CCC(n2c(=O)[nH]c(=O)c3cnc4ccc(-c5ccc(C6CCCCCOCC6)nc5)nc4c32)CC1. The Morgan fingerprint density at radius 1 is 0.976 bits per heavy atom. The molecular weight excluding hydrogens is 522 g/mol. The monoisotopic (exact) mass is 557 g/mol. The fourth-order valence-electron chi connectivity index (χ4n) is 6.19. The van der Waals surface area contributed by atoms with Crippen LogP contribution in [0, 0.1) is 0 Å². The zero-order valence-corrected chi connectivity index (χ0v) is 23.1. The summed E-state index contributed by atoms with van der Waals surface area (Å²) in [7, 11) is 0. The summed E-state index contributed by atoms with van der Waals surface area (Å²) in [4.78, 5) is 56.1. The molecule has 0 bridgehead atoms. The number of carbonyl (C=O) groups excluding carboxylic acids is 1. The third-order valence-electron chi connectivity index (χ3n) is 8.36. The summed E-state index contributed by atoms with van der Waals surface area (Å²) in [6, 6.07) is 7.71. The van der Waals surface area contributed by atoms with Gasteiger partial charge in [-0.05, 0) is 56.4 Å². The number of carbonyl (C=O) groups is 1. The van der Waals surface area contributed by atoms with E-state index in [0.717, 1.165) is 43.7 Å². The quantitative estimate of drug-likeness (QED) is 0.356. The van der Waals surface area contributed by atoms with Crippen LogP contribution < -0.4 is 17.0 Å². The van der Waals surface area contributed by atoms with Crippen LogP contribution in [-0.2, 0) is 9.53 Å². The standard InChI is InChI=1S/C30H35N7O4/c31-26(38)18-36-12-9-21(10-13-36)37-28-22(29(39)35-30(37)40)17-33-25-8-7-24(34-27(25)28)20-5-6-23(32-16-20)19-4-2-1-3-14-41-15-11-19/h5-8,16-17,19,21H,1-4,9-15,18H2,(H2,31,38)(H,35,39,40). The van der Waals surface area contributed by atoms with E-state index in [1.165, 1.54) is 19.0 Å². The van der Waals surface area contributed by atoms with Crippen LogP contribution >= 0.6 is 0 Å². The number of aromatic nitrogens is 5. The summed E-state index contributed by atoms with van der Waals surface area (Å²) in [5, 5.41) is 0.317. The lowest BCUT2D eigenvalue weighted by Crippen LogP contribution is -2.42. The third kappa shape index (κ3) is 5.77. The lowest BCUT2D eigenvalue weighted by molar-refractivity contribution is -0.119. The maximum atomic E-state index is 13.2. The topological polar surface area (TPSA) is 149 Å². The highest BCUT2D eigenvalue weighted by Gasteiger charge is 2.25. The van der Waals surface area contributed by atoms with Crippen LogP contribution in [0.5, 0.6) is 0 Å². The Kier molecular flexibility index (Phi) is 7.89. The highest BCUT2D eigenvalue weighted by atomic mass is 16.5. The van der Waals surface area contributed by atoms with E-state index >= 15 is 0 Å². The molecule has 2 aliphatic heterocycles. The lowest BCUT2D eigenvalue weighted by Gasteiger charge is -2.32. The van der Waals surface area contributed by atoms with Gasteiger partial charge in [-0.1, -0.05) is 12.8 Å². The summed E-state index contributed by atoms with van der Waals surface area (Å²) in [6.45, 7) is 3.02. The molecule has 41 heavy (non-hydrogen) atoms. The van der Waals surface area contributed by atoms with Crippen molar-refractivity contribution in [2.75, 3.05) is 32.8 Å². The number of nitrogens with one attached hydrogen (secondary N) is 1. The van der Waals surface area contributed by atoms with E-state index < -0.39 is 11.2 Å². The normalized spacial score (nSPS) is 19.6. The number of piperidine rings is 1. The molecule has 6 rings (SSSR count). The molecular formula is C30H35N7O4. The third-order valence-corrected chi connectivity index (χ3v) is 8.36. The second kappa shape index (κ2) is 11.9. The number of H-pyrrole nitrogens is 1. The van der Waals surface area contributed by atoms with Gasteiger partial charge in [-0.3, -0.25) is 34.0 Å². The summed E-state index contributed by atoms with van der Waals surface area (Å²) >= 11 is 0. The second-order valence-corrected chi connectivity index (χ2v) is 11.1. The van der Waals surface area contributed by atoms with Crippen LogP contribution in [0.1, 0.15) is 62.6 Å². The average molecular weight is 558 g/mol. The Morgan fingerprint density at radius 2 is 1.83 bits per heavy atom. The van der Waals surface area contributed by atoms with Gasteiger partial charge in [0.15, 0.2) is 0 Å². The molecule has 1 amide bonds. The largest absolute Gasteiger partial charge is 0.381 e. The van der Waals surface area contributed by atoms with Gasteiger partial charge in [0.1, 0.15) is 5.52 Å². The molecule has 2 aliphatic rings. The first-order valence-electron chi connectivity index (χ1n) is 14.5. The summed E-state index contributed by atoms with van der Waals surface area (Å²) in [5.74, 6) is -0.00371. The predicted octanol–water partition coefficient (Wildman–Crippen LogP) is 2.88. The highest BCUT2D eigenvalue weighted by Crippen LogP contribution is 2.30. The average Bonchev–Trinajstić information content (AvgIpc) is 3.12. The first-order valence-corrected chi connectivity index (χ1v) is 14.5. The number of nitrogens with zero attached hydrogens (tertiary/aromatic N) is 5. The fraction of sp³-hybridized carbons (Fsp3) is 0.467. The van der Waals surface area contributed by atoms with E-state index in [9.17, 15) is 14.4 Å². The van der Waals surface area contributed by atoms with Crippen LogP contribution in [0.25, 0.3) is 33.2 Å². The zero-order chi connectivity index (χ0) is 28.3. The van der Waals surface area contributed by atoms with Crippen molar-refractivity contribution in [3.8, 4) is 11.3 Å². The molecule has 0 radical (unpaired) electrons. The molecule has 3 N–H and O–H groups in total. The van der Waals surface area contributed by atoms with Crippen molar-refractivity contribution >= 4 is 27.8 Å². The number of fused-ring (bicyclic) bond motifs is 3. The number of nitrogens with two attached hydrogens (primary N) is 1. The Morgan fingerprint density at radius 3 is 2.61 bits per heavy atom. The smallest absolute Gasteiger partial charge is 0.329 e. The summed E-state index contributed by atoms with van der Waals surface area (Å²) in [6.07, 6.45) is 10.2. The molecule has 214 valence electrons. The Hall–Kier alpha value is -3.96. The van der Waals surface area contributed by atoms with Gasteiger partial charge in [0.25, 0.3) is 5.56 Å². The predicted molar refractivity (Wildman–Crippen MR) is 156 cm³/mol. The number of amides is 1. The first-order chi connectivity index (χ1) is 20.0. The van der Waals surface area contributed by atoms with Crippen molar-refractivity contribution in [3.05, 3.63) is 63.2 Å². The van der Waals surface area contributed by atoms with Crippen molar-refractivity contribution in [2.24, 2.45) is 5.73 Å². The lowest BCUT2D eigenvalue weighted by atomic mass is 9.94. The van der Waals surface area contributed by atoms with Crippen molar-refractivity contribution < 1.29 is 9.53 Å². The molecule has 1 atom stereocenters. The fourth-order valence-corrected chi connectivity index (χ4v) is 6.19. The molecule has 11 nitrogen and oxygen atoms in total. The van der Waals surface area contributed by atoms with Gasteiger partial charge in [0, 0.05) is 61.9 Å². The molecule has 0 aromatic carbocycles. The second-order valence-electron chi connectivity index (χ2n) is 11.1. The summed E-state index contributed by atoms with van der Waals surface area (Å²) < 4.78 is 7.41. The van der Waals surface area contributed by atoms with Crippen molar-refractivity contribution in [1.82, 2.24) is 29.4 Å². The van der Waals surface area contributed by atoms with Gasteiger partial charge in [-0.2, -0.15) is 0 Å². The minimum atomic E-state index is -0.487. The van der Waals surface area contributed by atoms with Gasteiger partial charge >= 0.3 is 5.69 Å². The number of aromatic amines is 1. The van der Waals surface area contributed by atoms with Crippen LogP contribution in [0.3, 0.4) is 0 Å². The molecule has 11 heteroatoms. The number of likely N-dealkylation sites (tertiary alicyclic amines) is 1. The number of hydrogen-bond donors (Lipinski definition) is 2. The number of rotatable bonds is 5. The van der Waals surface area contributed by atoms with E-state index in [2.05, 4.69) is 16.0 Å². The van der Waals surface area contributed by atoms with Crippen LogP contribution in [0.15, 0.2) is 46.2 Å². The Balaban J connectivity index is 1.37. The van der Waals surface area contributed by atoms with E-state index in [-0.39, 0.29) is 18.5 Å². The molecule has 0 spiro atoms. The summed E-state index contributed by atoms with van der Waals surface area (Å²) in [5.41, 5.74) is 8.60. The van der Waals surface area contributed by atoms with Gasteiger partial charge in [-0.15, -0.1) is 0 Å². The maximum absolute atomic E-state index is 13.2. The van der Waals surface area contributed by atoms with E-state index in [4.69, 9.17) is 20.4 Å². The van der Waals surface area contributed by atoms with Gasteiger partial charge < -0.3 is 10.5 Å². The molecule has 4 aromatic rings. The molecule has 0 saturated carbocycles. The Bertz CT molecular complexity index is 1660. The van der Waals surface area contributed by atoms with Crippen molar-refractivity contribution in [3.63, 3.8) is 0 Å². The van der Waals surface area contributed by atoms with E-state index in [1.807, 2.05) is 29.3 Å². The van der Waals surface area contributed by atoms with Crippen LogP contribution in [0.2, 0.25) is 0 Å². The zero-order valence-electron chi connectivity index (χ0n) is 23.1. The van der Waals surface area contributed by atoms with Gasteiger partial charge in [-0.25, -0.2) is 9.78 Å². The van der Waals surface area contributed by atoms with E-state index in [0.29, 0.717) is 59.5 Å². The number of hydrogen-bond acceptors (Lipinski definition) is 8. The number of primary amides is 1. The molecule has 6 heterocycles. The van der Waals surface area contributed by atoms with E-state index in [1.54, 1.807) is 4.57 Å². The van der Waals surface area contributed by atoms with Crippen LogP contribution in [0.4, 0.5) is 0 Å². The van der Waals surface area contributed by atoms with Gasteiger partial charge in [0.2, 0.25) is 5.91 Å². The molecule has 2 saturated heterocycles. The van der Waals surface area contributed by atoms with Crippen molar-refractivity contribution in [1.29, 1.82) is 0 Å². The minimum Gasteiger partial charge on any atom is -0.381 e. The molecule has 0 aliphatic carbocycles. The number of pyridine rings is 3. The maximum Gasteiger partial charge on any atom is 0.329 e. The van der Waals surface area contributed by atoms with Crippen molar-refractivity contribution in [2.45, 2.75) is 56.9 Å². The van der Waals surface area contributed by atoms with Crippen LogP contribution in [-0.4, -0.2) is 68.2 Å². The molecule has 4 aromatic heterocycles. The minimum absolute atomic E-state index is 0.167. The highest BCUT2D eigenvalue weighted by molar-refractivity contribution is 6.01. The number of ether oxygens (including phenoxy) is 1. The Labute approximate surface area is 236 Å². The molecule has 2 fully saturated rings.